The fourth-order valence-electron chi connectivity index (χ4n) is 1.90. The second-order valence-electron chi connectivity index (χ2n) is 3.81. The lowest BCUT2D eigenvalue weighted by molar-refractivity contribution is 0.112. The van der Waals surface area contributed by atoms with Crippen LogP contribution in [-0.2, 0) is 0 Å². The lowest BCUT2D eigenvalue weighted by atomic mass is 10.1. The van der Waals surface area contributed by atoms with Gasteiger partial charge >= 0.3 is 0 Å². The average molecular weight is 274 g/mol. The van der Waals surface area contributed by atoms with Gasteiger partial charge in [-0.3, -0.25) is 9.78 Å². The van der Waals surface area contributed by atoms with Crippen molar-refractivity contribution in [2.75, 3.05) is 0 Å². The summed E-state index contributed by atoms with van der Waals surface area (Å²) in [6.45, 7) is 0. The number of aromatic nitrogens is 1. The number of halogens is 1. The van der Waals surface area contributed by atoms with Gasteiger partial charge in [0.2, 0.25) is 0 Å². The summed E-state index contributed by atoms with van der Waals surface area (Å²) in [5, 5.41) is 1.62. The molecule has 0 fully saturated rings. The van der Waals surface area contributed by atoms with E-state index in [1.165, 1.54) is 11.3 Å². The molecule has 0 unspecified atom stereocenters. The Morgan fingerprint density at radius 2 is 2.06 bits per heavy atom. The summed E-state index contributed by atoms with van der Waals surface area (Å²) in [4.78, 5) is 16.9. The highest BCUT2D eigenvalue weighted by Crippen LogP contribution is 2.34. The molecule has 18 heavy (non-hydrogen) atoms. The van der Waals surface area contributed by atoms with Crippen molar-refractivity contribution in [1.82, 2.24) is 4.98 Å². The van der Waals surface area contributed by atoms with E-state index in [4.69, 9.17) is 11.6 Å². The number of pyridine rings is 1. The van der Waals surface area contributed by atoms with Crippen molar-refractivity contribution in [3.63, 3.8) is 0 Å². The van der Waals surface area contributed by atoms with Gasteiger partial charge in [-0.25, -0.2) is 0 Å². The highest BCUT2D eigenvalue weighted by atomic mass is 35.5. The maximum atomic E-state index is 10.7. The van der Waals surface area contributed by atoms with Gasteiger partial charge < -0.3 is 0 Å². The molecule has 1 aromatic carbocycles. The van der Waals surface area contributed by atoms with Crippen LogP contribution in [0.2, 0.25) is 5.02 Å². The number of hydrogen-bond donors (Lipinski definition) is 0. The zero-order valence-corrected chi connectivity index (χ0v) is 10.8. The van der Waals surface area contributed by atoms with Crippen LogP contribution in [0.15, 0.2) is 42.6 Å². The molecule has 0 aliphatic rings. The number of carbonyl (C=O) groups excluding carboxylic acids is 1. The van der Waals surface area contributed by atoms with Crippen LogP contribution in [-0.4, -0.2) is 11.3 Å². The summed E-state index contributed by atoms with van der Waals surface area (Å²) in [6.07, 6.45) is 2.61. The molecule has 0 saturated heterocycles. The first-order chi connectivity index (χ1) is 8.79. The second-order valence-corrected chi connectivity index (χ2v) is 5.34. The molecule has 0 spiro atoms. The first kappa shape index (κ1) is 11.4. The molecule has 4 heteroatoms. The predicted molar refractivity (Wildman–Crippen MR) is 75.5 cm³/mol. The second kappa shape index (κ2) is 4.52. The molecule has 2 heterocycles. The van der Waals surface area contributed by atoms with E-state index in [9.17, 15) is 4.79 Å². The van der Waals surface area contributed by atoms with Gasteiger partial charge in [-0.1, -0.05) is 11.6 Å². The molecule has 0 aliphatic heterocycles. The molecule has 0 radical (unpaired) electrons. The lowest BCUT2D eigenvalue weighted by Crippen LogP contribution is -1.83. The van der Waals surface area contributed by atoms with Crippen molar-refractivity contribution in [2.45, 2.75) is 0 Å². The number of benzene rings is 1. The molecule has 0 amide bonds. The van der Waals surface area contributed by atoms with Gasteiger partial charge in [-0.15, -0.1) is 11.3 Å². The Kier molecular flexibility index (Phi) is 2.86. The highest BCUT2D eigenvalue weighted by Gasteiger charge is 2.09. The van der Waals surface area contributed by atoms with Crippen LogP contribution in [0.25, 0.3) is 21.3 Å². The van der Waals surface area contributed by atoms with Crippen LogP contribution in [0.1, 0.15) is 9.67 Å². The summed E-state index contributed by atoms with van der Waals surface area (Å²) < 4.78 is 0. The van der Waals surface area contributed by atoms with Gasteiger partial charge in [0.1, 0.15) is 0 Å². The van der Waals surface area contributed by atoms with Crippen LogP contribution in [0, 0.1) is 0 Å². The number of carbonyl (C=O) groups is 1. The van der Waals surface area contributed by atoms with Crippen molar-refractivity contribution in [2.24, 2.45) is 0 Å². The fraction of sp³-hybridized carbons (Fsp3) is 0. The van der Waals surface area contributed by atoms with Crippen LogP contribution >= 0.6 is 22.9 Å². The third kappa shape index (κ3) is 1.82. The maximum absolute atomic E-state index is 10.7. The predicted octanol–water partition coefficient (Wildman–Crippen LogP) is 4.43. The Hall–Kier alpha value is -1.71. The summed E-state index contributed by atoms with van der Waals surface area (Å²) in [5.41, 5.74) is 1.87. The molecular weight excluding hydrogens is 266 g/mol. The molecule has 2 nitrogen and oxygen atoms in total. The van der Waals surface area contributed by atoms with E-state index in [1.807, 2.05) is 36.4 Å². The van der Waals surface area contributed by atoms with Crippen LogP contribution in [0.3, 0.4) is 0 Å². The minimum Gasteiger partial charge on any atom is -0.297 e. The molecule has 0 N–H and O–H groups in total. The maximum Gasteiger partial charge on any atom is 0.160 e. The van der Waals surface area contributed by atoms with Crippen molar-refractivity contribution in [3.8, 4) is 10.4 Å². The van der Waals surface area contributed by atoms with Gasteiger partial charge in [0.05, 0.1) is 15.4 Å². The molecule has 3 rings (SSSR count). The van der Waals surface area contributed by atoms with Gasteiger partial charge in [0, 0.05) is 22.0 Å². The van der Waals surface area contributed by atoms with Gasteiger partial charge in [-0.2, -0.15) is 0 Å². The number of hydrogen-bond acceptors (Lipinski definition) is 3. The van der Waals surface area contributed by atoms with E-state index in [0.29, 0.717) is 9.90 Å². The van der Waals surface area contributed by atoms with Crippen LogP contribution in [0.5, 0.6) is 0 Å². The standard InChI is InChI=1S/C14H8ClNOS/c15-12-5-4-11(13-6-3-9(8-17)18-13)14-10(12)2-1-7-16-14/h1-8H. The van der Waals surface area contributed by atoms with Crippen LogP contribution in [0.4, 0.5) is 0 Å². The number of rotatable bonds is 2. The molecular formula is C14H8ClNOS. The molecule has 2 aromatic heterocycles. The topological polar surface area (TPSA) is 30.0 Å². The van der Waals surface area contributed by atoms with E-state index in [0.717, 1.165) is 27.6 Å². The zero-order valence-electron chi connectivity index (χ0n) is 9.26. The first-order valence-electron chi connectivity index (χ1n) is 5.38. The SMILES string of the molecule is O=Cc1ccc(-c2ccc(Cl)c3cccnc23)s1. The molecule has 0 atom stereocenters. The Morgan fingerprint density at radius 1 is 1.17 bits per heavy atom. The van der Waals surface area contributed by atoms with Gasteiger partial charge in [0.15, 0.2) is 6.29 Å². The molecule has 0 saturated carbocycles. The van der Waals surface area contributed by atoms with Crippen molar-refractivity contribution >= 4 is 40.1 Å². The molecule has 0 bridgehead atoms. The average Bonchev–Trinajstić information content (AvgIpc) is 2.88. The number of nitrogens with zero attached hydrogens (tertiary/aromatic N) is 1. The Labute approximate surface area is 113 Å². The summed E-state index contributed by atoms with van der Waals surface area (Å²) in [7, 11) is 0. The lowest BCUT2D eigenvalue weighted by Gasteiger charge is -2.04. The summed E-state index contributed by atoms with van der Waals surface area (Å²) in [6, 6.07) is 11.4. The normalized spacial score (nSPS) is 10.7. The third-order valence-electron chi connectivity index (χ3n) is 2.72. The third-order valence-corrected chi connectivity index (χ3v) is 4.10. The monoisotopic (exact) mass is 273 g/mol. The highest BCUT2D eigenvalue weighted by molar-refractivity contribution is 7.17. The Morgan fingerprint density at radius 3 is 2.83 bits per heavy atom. The Balaban J connectivity index is 2.29. The number of aldehydes is 1. The largest absolute Gasteiger partial charge is 0.297 e. The molecule has 0 aliphatic carbocycles. The molecule has 88 valence electrons. The van der Waals surface area contributed by atoms with Crippen molar-refractivity contribution < 1.29 is 4.79 Å². The van der Waals surface area contributed by atoms with Crippen LogP contribution < -0.4 is 0 Å². The van der Waals surface area contributed by atoms with Crippen molar-refractivity contribution in [1.29, 1.82) is 0 Å². The summed E-state index contributed by atoms with van der Waals surface area (Å²) >= 11 is 7.61. The van der Waals surface area contributed by atoms with E-state index >= 15 is 0 Å². The smallest absolute Gasteiger partial charge is 0.160 e. The zero-order chi connectivity index (χ0) is 12.5. The van der Waals surface area contributed by atoms with Gasteiger partial charge in [-0.05, 0) is 36.4 Å². The number of fused-ring (bicyclic) bond motifs is 1. The van der Waals surface area contributed by atoms with Crippen molar-refractivity contribution in [3.05, 3.63) is 52.5 Å². The fourth-order valence-corrected chi connectivity index (χ4v) is 2.96. The summed E-state index contributed by atoms with van der Waals surface area (Å²) in [5.74, 6) is 0. The number of thiophene rings is 1. The molecule has 3 aromatic rings. The quantitative estimate of drug-likeness (QED) is 0.647. The van der Waals surface area contributed by atoms with Gasteiger partial charge in [0.25, 0.3) is 0 Å². The first-order valence-corrected chi connectivity index (χ1v) is 6.57. The van der Waals surface area contributed by atoms with E-state index in [1.54, 1.807) is 6.20 Å². The van der Waals surface area contributed by atoms with E-state index in [-0.39, 0.29) is 0 Å². The Bertz CT molecular complexity index is 735. The van der Waals surface area contributed by atoms with E-state index in [2.05, 4.69) is 4.98 Å². The minimum absolute atomic E-state index is 0.689. The minimum atomic E-state index is 0.689. The van der Waals surface area contributed by atoms with E-state index < -0.39 is 0 Å².